The molecule has 5 N–H and O–H groups in total. The Bertz CT molecular complexity index is 3090. The molecule has 1 atom stereocenters. The molecule has 3 fully saturated rings. The number of thiazole rings is 1. The number of piperidine rings is 1. The van der Waals surface area contributed by atoms with Crippen molar-refractivity contribution < 1.29 is 29.0 Å². The van der Waals surface area contributed by atoms with Gasteiger partial charge in [0.05, 0.1) is 28.0 Å². The fraction of sp³-hybridized carbons (Fsp3) is 0.397. The number of rotatable bonds is 16. The Kier molecular flexibility index (Phi) is 15.1. The summed E-state index contributed by atoms with van der Waals surface area (Å²) in [6.45, 7) is 10.1. The van der Waals surface area contributed by atoms with E-state index in [-0.39, 0.29) is 41.7 Å². The molecule has 4 aromatic carbocycles. The first-order valence-electron chi connectivity index (χ1n) is 26.2. The second kappa shape index (κ2) is 22.1. The number of hydrogen-bond donors (Lipinski definition) is 5. The number of amides is 3. The van der Waals surface area contributed by atoms with Crippen LogP contribution in [-0.2, 0) is 22.6 Å². The summed E-state index contributed by atoms with van der Waals surface area (Å²) in [5.41, 5.74) is 9.58. The predicted molar refractivity (Wildman–Crippen MR) is 292 cm³/mol. The molecule has 3 aliphatic heterocycles. The van der Waals surface area contributed by atoms with E-state index in [0.717, 1.165) is 114 Å². The van der Waals surface area contributed by atoms with Crippen molar-refractivity contribution in [1.29, 1.82) is 5.41 Å². The molecule has 0 bridgehead atoms. The number of anilines is 4. The molecular formula is C58H65N9O6S. The lowest BCUT2D eigenvalue weighted by Gasteiger charge is -2.37. The number of imide groups is 1. The van der Waals surface area contributed by atoms with E-state index in [4.69, 9.17) is 15.1 Å². The van der Waals surface area contributed by atoms with Crippen LogP contribution in [-0.4, -0.2) is 102 Å². The van der Waals surface area contributed by atoms with E-state index in [2.05, 4.69) is 43.7 Å². The zero-order chi connectivity index (χ0) is 51.5. The minimum absolute atomic E-state index is 0.0211. The van der Waals surface area contributed by atoms with Gasteiger partial charge in [-0.15, -0.1) is 0 Å². The molecule has 384 valence electrons. The topological polar surface area (TPSA) is 193 Å². The number of aromatic nitrogens is 2. The number of ether oxygens (including phenoxy) is 1. The summed E-state index contributed by atoms with van der Waals surface area (Å²) >= 11 is 1.44. The summed E-state index contributed by atoms with van der Waals surface area (Å²) in [6, 6.07) is 27.3. The molecule has 6 aromatic rings. The normalized spacial score (nSPS) is 19.2. The van der Waals surface area contributed by atoms with Gasteiger partial charge >= 0.3 is 5.97 Å². The molecule has 0 radical (unpaired) electrons. The third-order valence-electron chi connectivity index (χ3n) is 15.6. The molecule has 2 saturated heterocycles. The molecule has 4 aliphatic rings. The van der Waals surface area contributed by atoms with Crippen LogP contribution in [0.4, 0.5) is 22.3 Å². The number of pyridine rings is 1. The highest BCUT2D eigenvalue weighted by Crippen LogP contribution is 2.38. The lowest BCUT2D eigenvalue weighted by molar-refractivity contribution is -0.134. The average molecular weight is 1020 g/mol. The van der Waals surface area contributed by atoms with Crippen LogP contribution in [0, 0.1) is 31.1 Å². The van der Waals surface area contributed by atoms with Crippen LogP contribution in [0.5, 0.6) is 5.75 Å². The minimum atomic E-state index is -1.10. The second-order valence-electron chi connectivity index (χ2n) is 20.3. The van der Waals surface area contributed by atoms with Gasteiger partial charge in [0.1, 0.15) is 11.6 Å². The maximum absolute atomic E-state index is 13.7. The number of fused-ring (bicyclic) bond motifs is 2. The smallest absolute Gasteiger partial charge is 0.355 e. The summed E-state index contributed by atoms with van der Waals surface area (Å²) < 4.78 is 7.69. The van der Waals surface area contributed by atoms with E-state index in [1.807, 2.05) is 97.7 Å². The Morgan fingerprint density at radius 1 is 0.838 bits per heavy atom. The van der Waals surface area contributed by atoms with Gasteiger partial charge in [-0.05, 0) is 148 Å². The van der Waals surface area contributed by atoms with Gasteiger partial charge in [0, 0.05) is 80.8 Å². The van der Waals surface area contributed by atoms with Gasteiger partial charge in [-0.1, -0.05) is 60.6 Å². The summed E-state index contributed by atoms with van der Waals surface area (Å²) in [6.07, 6.45) is 9.25. The van der Waals surface area contributed by atoms with E-state index in [1.165, 1.54) is 30.6 Å². The molecule has 2 aromatic heterocycles. The van der Waals surface area contributed by atoms with Crippen LogP contribution in [0.3, 0.4) is 0 Å². The Morgan fingerprint density at radius 3 is 2.41 bits per heavy atom. The number of aryl methyl sites for hydroxylation is 1. The second-order valence-corrected chi connectivity index (χ2v) is 21.3. The van der Waals surface area contributed by atoms with Crippen LogP contribution in [0.15, 0.2) is 84.9 Å². The summed E-state index contributed by atoms with van der Waals surface area (Å²) in [5.74, 6) is -0.615. The van der Waals surface area contributed by atoms with E-state index in [1.54, 1.807) is 0 Å². The number of carbonyl (C=O) groups is 4. The zero-order valence-corrected chi connectivity index (χ0v) is 43.3. The van der Waals surface area contributed by atoms with Gasteiger partial charge < -0.3 is 30.4 Å². The van der Waals surface area contributed by atoms with Crippen molar-refractivity contribution in [3.05, 3.63) is 124 Å². The number of benzene rings is 4. The number of nitrogens with one attached hydrogen (secondary N) is 4. The number of carboxylic acids is 1. The SMILES string of the molecule is CNc1cc(N2CCN(CCCCC3CCC(Oc4cccc(-c5ccc(N6CCc7cccc(C(=O)Nc8nc9ccccc9s8)c7C6)nc5C(=O)O)c4C)CC3)CC2)c(C)cc1C(=N)C1CCC(=O)NC1=O. The number of carboxylic acid groups (broad SMARTS) is 1. The highest BCUT2D eigenvalue weighted by Gasteiger charge is 2.33. The number of aromatic carboxylic acids is 1. The predicted octanol–water partition coefficient (Wildman–Crippen LogP) is 9.88. The van der Waals surface area contributed by atoms with Crippen molar-refractivity contribution in [1.82, 2.24) is 20.2 Å². The van der Waals surface area contributed by atoms with Crippen LogP contribution in [0.1, 0.15) is 106 Å². The van der Waals surface area contributed by atoms with E-state index >= 15 is 0 Å². The molecule has 3 amide bonds. The van der Waals surface area contributed by atoms with Crippen molar-refractivity contribution in [2.45, 2.75) is 90.7 Å². The molecule has 16 heteroatoms. The van der Waals surface area contributed by atoms with Crippen molar-refractivity contribution >= 4 is 73.3 Å². The van der Waals surface area contributed by atoms with Crippen molar-refractivity contribution in [3.63, 3.8) is 0 Å². The fourth-order valence-corrected chi connectivity index (χ4v) is 12.3. The number of piperazine rings is 1. The minimum Gasteiger partial charge on any atom is -0.490 e. The quantitative estimate of drug-likeness (QED) is 0.0351. The maximum Gasteiger partial charge on any atom is 0.355 e. The monoisotopic (exact) mass is 1020 g/mol. The Balaban J connectivity index is 0.691. The first kappa shape index (κ1) is 50.4. The summed E-state index contributed by atoms with van der Waals surface area (Å²) in [5, 5.41) is 28.6. The van der Waals surface area contributed by atoms with Gasteiger partial charge in [0.15, 0.2) is 10.8 Å². The van der Waals surface area contributed by atoms with Crippen LogP contribution in [0.25, 0.3) is 21.3 Å². The largest absolute Gasteiger partial charge is 0.490 e. The number of carbonyl (C=O) groups excluding carboxylic acids is 3. The average Bonchev–Trinajstić information content (AvgIpc) is 3.83. The molecule has 1 unspecified atom stereocenters. The van der Waals surface area contributed by atoms with Crippen LogP contribution in [0.2, 0.25) is 0 Å². The Labute approximate surface area is 436 Å². The molecule has 74 heavy (non-hydrogen) atoms. The van der Waals surface area contributed by atoms with Crippen molar-refractivity contribution in [3.8, 4) is 16.9 Å². The molecule has 0 spiro atoms. The van der Waals surface area contributed by atoms with Gasteiger partial charge in [-0.3, -0.25) is 29.9 Å². The molecule has 1 saturated carbocycles. The molecule has 5 heterocycles. The van der Waals surface area contributed by atoms with Crippen molar-refractivity contribution in [2.24, 2.45) is 11.8 Å². The lowest BCUT2D eigenvalue weighted by atomic mass is 9.84. The number of hydrogen-bond acceptors (Lipinski definition) is 13. The van der Waals surface area contributed by atoms with E-state index < -0.39 is 11.9 Å². The lowest BCUT2D eigenvalue weighted by Crippen LogP contribution is -2.47. The molecule has 10 rings (SSSR count). The highest BCUT2D eigenvalue weighted by atomic mass is 32.1. The maximum atomic E-state index is 13.7. The summed E-state index contributed by atoms with van der Waals surface area (Å²) in [4.78, 5) is 67.2. The highest BCUT2D eigenvalue weighted by molar-refractivity contribution is 7.22. The van der Waals surface area contributed by atoms with Gasteiger partial charge in [0.2, 0.25) is 11.8 Å². The van der Waals surface area contributed by atoms with Gasteiger partial charge in [-0.2, -0.15) is 0 Å². The van der Waals surface area contributed by atoms with E-state index in [0.29, 0.717) is 59.5 Å². The molecule has 15 nitrogen and oxygen atoms in total. The fourth-order valence-electron chi connectivity index (χ4n) is 11.4. The zero-order valence-electron chi connectivity index (χ0n) is 42.5. The Morgan fingerprint density at radius 2 is 1.64 bits per heavy atom. The van der Waals surface area contributed by atoms with Crippen LogP contribution >= 0.6 is 11.3 Å². The summed E-state index contributed by atoms with van der Waals surface area (Å²) in [7, 11) is 1.84. The van der Waals surface area contributed by atoms with Crippen molar-refractivity contribution in [2.75, 3.05) is 66.7 Å². The van der Waals surface area contributed by atoms with E-state index in [9.17, 15) is 24.3 Å². The number of unbranched alkanes of at least 4 members (excludes halogenated alkanes) is 1. The molecule has 1 aliphatic carbocycles. The third-order valence-corrected chi connectivity index (χ3v) is 16.6. The molecular weight excluding hydrogens is 951 g/mol. The standard InChI is InChI=1S/C58H65N9O6S/c1-35-32-44(53(59)43-22-24-52(68)63-56(43)70)47(60-3)33-48(35)66-30-28-65(29-31-66)26-7-6-10-37-17-19-39(20-18-37)73-49-15-9-12-40(36(49)2)41-21-23-51(62-54(41)57(71)72)67-27-25-38-11-8-13-42(45(38)34-67)55(69)64-58-61-46-14-4-5-16-50(46)74-58/h4-5,8-9,11-16,21,23,32-33,37,39,43,59-60H,6-7,10,17-20,22,24-31,34H2,1-3H3,(H,71,72)(H,61,64,69)(H,63,68,70). The van der Waals surface area contributed by atoms with Gasteiger partial charge in [0.25, 0.3) is 5.91 Å². The first-order valence-corrected chi connectivity index (χ1v) is 27.0. The number of para-hydroxylation sites is 1. The number of nitrogens with zero attached hydrogens (tertiary/aromatic N) is 5. The van der Waals surface area contributed by atoms with Crippen LogP contribution < -0.4 is 30.5 Å². The first-order chi connectivity index (χ1) is 35.9. The third kappa shape index (κ3) is 10.9. The Hall–Kier alpha value is -7.17. The van der Waals surface area contributed by atoms with Gasteiger partial charge in [-0.25, -0.2) is 14.8 Å².